The zero-order chi connectivity index (χ0) is 14.3. The number of rotatable bonds is 2. The van der Waals surface area contributed by atoms with E-state index in [4.69, 9.17) is 16.7 Å². The van der Waals surface area contributed by atoms with Crippen LogP contribution in [0, 0.1) is 5.82 Å². The van der Waals surface area contributed by atoms with Crippen LogP contribution in [-0.2, 0) is 0 Å². The van der Waals surface area contributed by atoms with Gasteiger partial charge in [-0.3, -0.25) is 4.40 Å². The predicted molar refractivity (Wildman–Crippen MR) is 70.4 cm³/mol. The molecule has 0 aliphatic heterocycles. The number of carboxylic acid groups (broad SMARTS) is 1. The Morgan fingerprint density at radius 1 is 1.25 bits per heavy atom. The third-order valence-corrected chi connectivity index (χ3v) is 3.13. The Labute approximate surface area is 117 Å². The molecular weight excluding hydrogens is 285 g/mol. The van der Waals surface area contributed by atoms with Gasteiger partial charge in [-0.2, -0.15) is 0 Å². The van der Waals surface area contributed by atoms with Crippen molar-refractivity contribution < 1.29 is 14.3 Å². The second kappa shape index (κ2) is 4.57. The first-order valence-corrected chi connectivity index (χ1v) is 5.97. The van der Waals surface area contributed by atoms with Crippen LogP contribution in [0.3, 0.4) is 0 Å². The van der Waals surface area contributed by atoms with Crippen molar-refractivity contribution in [2.45, 2.75) is 0 Å². The predicted octanol–water partition coefficient (Wildman–Crippen LogP) is 2.89. The number of benzene rings is 1. The third kappa shape index (κ3) is 2.00. The Kier molecular flexibility index (Phi) is 2.87. The number of halogens is 2. The second-order valence-electron chi connectivity index (χ2n) is 4.10. The van der Waals surface area contributed by atoms with Crippen molar-refractivity contribution in [2.24, 2.45) is 0 Å². The van der Waals surface area contributed by atoms with E-state index in [1.165, 1.54) is 40.9 Å². The zero-order valence-electron chi connectivity index (χ0n) is 9.92. The van der Waals surface area contributed by atoms with Gasteiger partial charge in [-0.1, -0.05) is 11.6 Å². The lowest BCUT2D eigenvalue weighted by Gasteiger charge is -2.03. The van der Waals surface area contributed by atoms with Crippen LogP contribution < -0.4 is 0 Å². The summed E-state index contributed by atoms with van der Waals surface area (Å²) in [6, 6.07) is 6.86. The van der Waals surface area contributed by atoms with Crippen LogP contribution in [0.15, 0.2) is 36.5 Å². The lowest BCUT2D eigenvalue weighted by molar-refractivity contribution is 0.0696. The first kappa shape index (κ1) is 12.6. The smallest absolute Gasteiger partial charge is 0.337 e. The van der Waals surface area contributed by atoms with Crippen LogP contribution in [-0.4, -0.2) is 25.7 Å². The largest absolute Gasteiger partial charge is 0.478 e. The summed E-state index contributed by atoms with van der Waals surface area (Å²) in [5, 5.41) is 17.1. The van der Waals surface area contributed by atoms with Crippen molar-refractivity contribution in [3.05, 3.63) is 52.9 Å². The van der Waals surface area contributed by atoms with E-state index in [2.05, 4.69) is 10.2 Å². The monoisotopic (exact) mass is 291 g/mol. The van der Waals surface area contributed by atoms with Gasteiger partial charge < -0.3 is 5.11 Å². The molecule has 0 atom stereocenters. The zero-order valence-corrected chi connectivity index (χ0v) is 10.7. The molecule has 0 spiro atoms. The number of hydrogen-bond acceptors (Lipinski definition) is 3. The summed E-state index contributed by atoms with van der Waals surface area (Å²) in [6.07, 6.45) is 1.40. The van der Waals surface area contributed by atoms with Crippen LogP contribution in [0.4, 0.5) is 4.39 Å². The van der Waals surface area contributed by atoms with Crippen LogP contribution in [0.2, 0.25) is 5.02 Å². The fourth-order valence-electron chi connectivity index (χ4n) is 1.87. The molecule has 1 N–H and O–H groups in total. The van der Waals surface area contributed by atoms with Crippen LogP contribution in [0.5, 0.6) is 0 Å². The molecule has 0 amide bonds. The van der Waals surface area contributed by atoms with Crippen molar-refractivity contribution in [2.75, 3.05) is 0 Å². The molecule has 5 nitrogen and oxygen atoms in total. The summed E-state index contributed by atoms with van der Waals surface area (Å²) in [7, 11) is 0. The van der Waals surface area contributed by atoms with Gasteiger partial charge in [0.1, 0.15) is 5.82 Å². The molecule has 0 aliphatic carbocycles. The number of nitrogens with zero attached hydrogens (tertiary/aromatic N) is 3. The van der Waals surface area contributed by atoms with Crippen molar-refractivity contribution in [3.63, 3.8) is 0 Å². The minimum absolute atomic E-state index is 0.0942. The summed E-state index contributed by atoms with van der Waals surface area (Å²) in [6.45, 7) is 0. The quantitative estimate of drug-likeness (QED) is 0.788. The molecule has 7 heteroatoms. The Morgan fingerprint density at radius 2 is 2.05 bits per heavy atom. The molecule has 3 aromatic rings. The average Bonchev–Trinajstić information content (AvgIpc) is 2.81. The fourth-order valence-corrected chi connectivity index (χ4v) is 2.12. The second-order valence-corrected chi connectivity index (χ2v) is 4.51. The first-order valence-electron chi connectivity index (χ1n) is 5.60. The Morgan fingerprint density at radius 3 is 2.75 bits per heavy atom. The number of hydrogen-bond donors (Lipinski definition) is 1. The van der Waals surface area contributed by atoms with Crippen molar-refractivity contribution >= 4 is 23.2 Å². The van der Waals surface area contributed by atoms with Gasteiger partial charge in [-0.15, -0.1) is 10.2 Å². The summed E-state index contributed by atoms with van der Waals surface area (Å²) < 4.78 is 14.6. The summed E-state index contributed by atoms with van der Waals surface area (Å²) in [4.78, 5) is 11.0. The van der Waals surface area contributed by atoms with Gasteiger partial charge in [0.05, 0.1) is 10.6 Å². The fraction of sp³-hybridized carbons (Fsp3) is 0. The standard InChI is InChI=1S/C13H7ClFN3O2/c14-10-5-8(15)2-3-9(10)12-17-16-11-4-1-7(13(19)20)6-18(11)12/h1-6H,(H,19,20). The molecular formula is C13H7ClFN3O2. The van der Waals surface area contributed by atoms with E-state index in [1.807, 2.05) is 0 Å². The number of pyridine rings is 1. The molecule has 2 heterocycles. The van der Waals surface area contributed by atoms with Crippen LogP contribution in [0.25, 0.3) is 17.0 Å². The molecule has 20 heavy (non-hydrogen) atoms. The SMILES string of the molecule is O=C(O)c1ccc2nnc(-c3ccc(F)cc3Cl)n2c1. The Bertz CT molecular complexity index is 832. The number of carboxylic acids is 1. The number of aromatic nitrogens is 3. The average molecular weight is 292 g/mol. The lowest BCUT2D eigenvalue weighted by atomic mass is 10.2. The molecule has 1 aromatic carbocycles. The topological polar surface area (TPSA) is 67.5 Å². The van der Waals surface area contributed by atoms with Crippen molar-refractivity contribution in [1.82, 2.24) is 14.6 Å². The highest BCUT2D eigenvalue weighted by molar-refractivity contribution is 6.33. The van der Waals surface area contributed by atoms with E-state index in [0.29, 0.717) is 17.0 Å². The van der Waals surface area contributed by atoms with E-state index < -0.39 is 11.8 Å². The number of carbonyl (C=O) groups is 1. The van der Waals surface area contributed by atoms with Gasteiger partial charge in [0.2, 0.25) is 0 Å². The van der Waals surface area contributed by atoms with E-state index in [0.717, 1.165) is 0 Å². The Hall–Kier alpha value is -2.47. The third-order valence-electron chi connectivity index (χ3n) is 2.82. The summed E-state index contributed by atoms with van der Waals surface area (Å²) in [5.41, 5.74) is 1.05. The molecule has 0 saturated carbocycles. The highest BCUT2D eigenvalue weighted by Gasteiger charge is 2.14. The molecule has 100 valence electrons. The van der Waals surface area contributed by atoms with Gasteiger partial charge in [-0.05, 0) is 30.3 Å². The van der Waals surface area contributed by atoms with E-state index in [1.54, 1.807) is 0 Å². The molecule has 0 bridgehead atoms. The first-order chi connectivity index (χ1) is 9.56. The molecule has 0 aliphatic rings. The minimum Gasteiger partial charge on any atom is -0.478 e. The highest BCUT2D eigenvalue weighted by Crippen LogP contribution is 2.27. The van der Waals surface area contributed by atoms with Crippen molar-refractivity contribution in [3.8, 4) is 11.4 Å². The maximum Gasteiger partial charge on any atom is 0.337 e. The number of fused-ring (bicyclic) bond motifs is 1. The van der Waals surface area contributed by atoms with Gasteiger partial charge in [0.25, 0.3) is 0 Å². The summed E-state index contributed by atoms with van der Waals surface area (Å²) in [5.74, 6) is -1.16. The maximum atomic E-state index is 13.1. The molecule has 0 unspecified atom stereocenters. The normalized spacial score (nSPS) is 10.9. The molecule has 2 aromatic heterocycles. The van der Waals surface area contributed by atoms with E-state index in [9.17, 15) is 9.18 Å². The van der Waals surface area contributed by atoms with E-state index >= 15 is 0 Å². The number of aromatic carboxylic acids is 1. The van der Waals surface area contributed by atoms with Gasteiger partial charge in [-0.25, -0.2) is 9.18 Å². The van der Waals surface area contributed by atoms with Gasteiger partial charge >= 0.3 is 5.97 Å². The maximum absolute atomic E-state index is 13.1. The Balaban J connectivity index is 2.25. The molecule has 0 radical (unpaired) electrons. The van der Waals surface area contributed by atoms with Gasteiger partial charge in [0, 0.05) is 11.8 Å². The molecule has 0 saturated heterocycles. The minimum atomic E-state index is -1.06. The van der Waals surface area contributed by atoms with E-state index in [-0.39, 0.29) is 10.6 Å². The molecule has 0 fully saturated rings. The van der Waals surface area contributed by atoms with Crippen LogP contribution in [0.1, 0.15) is 10.4 Å². The lowest BCUT2D eigenvalue weighted by Crippen LogP contribution is -1.99. The molecule has 3 rings (SSSR count). The summed E-state index contributed by atoms with van der Waals surface area (Å²) >= 11 is 5.99. The highest BCUT2D eigenvalue weighted by atomic mass is 35.5. The van der Waals surface area contributed by atoms with Gasteiger partial charge in [0.15, 0.2) is 11.5 Å². The van der Waals surface area contributed by atoms with Crippen molar-refractivity contribution in [1.29, 1.82) is 0 Å². The van der Waals surface area contributed by atoms with Crippen LogP contribution >= 0.6 is 11.6 Å².